The zero-order valence-corrected chi connectivity index (χ0v) is 25.9. The van der Waals surface area contributed by atoms with E-state index in [2.05, 4.69) is 23.8 Å². The lowest BCUT2D eigenvalue weighted by atomic mass is 9.72. The standard InChI is InChI=1S/C30H36ClF2N3O4.C2H6/c1-20(35-21(2)30(14-17-39-18-15-30)22-7-9-23(32)10-8-22)28(38)36(5)16-6-13-29(3,40-19-37)26-25(34-4)12-11-24(31)27(26)33;1-2/h7-12,19,34-35H,1-2,6,13-18H2,3-5H3;1-2H3/t29-;/m1./s1. The van der Waals surface area contributed by atoms with Crippen molar-refractivity contribution in [2.24, 2.45) is 0 Å². The highest BCUT2D eigenvalue weighted by molar-refractivity contribution is 6.30. The Morgan fingerprint density at radius 3 is 2.36 bits per heavy atom. The van der Waals surface area contributed by atoms with Gasteiger partial charge in [0.05, 0.1) is 16.3 Å². The molecule has 230 valence electrons. The van der Waals surface area contributed by atoms with Crippen LogP contribution in [-0.4, -0.2) is 51.1 Å². The first kappa shape index (κ1) is 34.8. The van der Waals surface area contributed by atoms with Crippen LogP contribution >= 0.6 is 11.6 Å². The minimum atomic E-state index is -1.33. The number of allylic oxidation sites excluding steroid dienone is 1. The summed E-state index contributed by atoms with van der Waals surface area (Å²) in [7, 11) is 3.26. The summed E-state index contributed by atoms with van der Waals surface area (Å²) < 4.78 is 39.6. The molecule has 1 heterocycles. The Bertz CT molecular complexity index is 1250. The molecule has 1 amide bonds. The molecular formula is C32H42ClF2N3O4. The van der Waals surface area contributed by atoms with E-state index in [0.29, 0.717) is 43.9 Å². The first-order valence-corrected chi connectivity index (χ1v) is 14.4. The Morgan fingerprint density at radius 2 is 1.79 bits per heavy atom. The van der Waals surface area contributed by atoms with Gasteiger partial charge in [-0.2, -0.15) is 0 Å². The summed E-state index contributed by atoms with van der Waals surface area (Å²) in [5.41, 5.74) is 0.291. The number of halogens is 3. The van der Waals surface area contributed by atoms with Crippen molar-refractivity contribution in [3.05, 3.63) is 88.7 Å². The lowest BCUT2D eigenvalue weighted by Gasteiger charge is -2.40. The van der Waals surface area contributed by atoms with Crippen molar-refractivity contribution in [3.8, 4) is 0 Å². The molecule has 1 aliphatic heterocycles. The second kappa shape index (κ2) is 15.7. The molecule has 42 heavy (non-hydrogen) atoms. The Morgan fingerprint density at radius 1 is 1.17 bits per heavy atom. The molecule has 1 aliphatic rings. The number of hydrogen-bond acceptors (Lipinski definition) is 6. The van der Waals surface area contributed by atoms with E-state index in [1.807, 2.05) is 13.8 Å². The van der Waals surface area contributed by atoms with Crippen LogP contribution in [-0.2, 0) is 30.1 Å². The highest BCUT2D eigenvalue weighted by Gasteiger charge is 2.38. The molecule has 0 spiro atoms. The Kier molecular flexibility index (Phi) is 13.0. The SMILES string of the molecule is C=C(NC(=C)C1(c2ccc(F)cc2)CCOCC1)C(=O)N(C)CCC[C@@](C)(OC=O)c1c(NC)ccc(Cl)c1F.CC. The van der Waals surface area contributed by atoms with Gasteiger partial charge in [0.15, 0.2) is 5.82 Å². The Hall–Kier alpha value is -3.43. The number of amides is 1. The number of nitrogens with zero attached hydrogens (tertiary/aromatic N) is 1. The first-order valence-electron chi connectivity index (χ1n) is 14.0. The molecule has 1 atom stereocenters. The van der Waals surface area contributed by atoms with Gasteiger partial charge in [-0.3, -0.25) is 9.59 Å². The summed E-state index contributed by atoms with van der Waals surface area (Å²) in [5, 5.41) is 5.91. The van der Waals surface area contributed by atoms with Crippen LogP contribution < -0.4 is 10.6 Å². The molecule has 0 unspecified atom stereocenters. The van der Waals surface area contributed by atoms with Crippen LogP contribution in [0.15, 0.2) is 61.0 Å². The molecule has 10 heteroatoms. The normalized spacial score (nSPS) is 15.2. The Balaban J connectivity index is 0.00000301. The maximum absolute atomic E-state index is 15.0. The second-order valence-electron chi connectivity index (χ2n) is 10.1. The van der Waals surface area contributed by atoms with Crippen molar-refractivity contribution < 1.29 is 27.8 Å². The summed E-state index contributed by atoms with van der Waals surface area (Å²) >= 11 is 6.02. The molecule has 0 aromatic heterocycles. The van der Waals surface area contributed by atoms with E-state index in [0.717, 1.165) is 5.56 Å². The fourth-order valence-electron chi connectivity index (χ4n) is 5.22. The average Bonchev–Trinajstić information content (AvgIpc) is 2.99. The maximum atomic E-state index is 15.0. The second-order valence-corrected chi connectivity index (χ2v) is 10.5. The third-order valence-corrected chi connectivity index (χ3v) is 7.87. The van der Waals surface area contributed by atoms with Crippen molar-refractivity contribution in [2.75, 3.05) is 39.2 Å². The van der Waals surface area contributed by atoms with Gasteiger partial charge in [-0.15, -0.1) is 0 Å². The van der Waals surface area contributed by atoms with Crippen molar-refractivity contribution >= 4 is 29.7 Å². The molecule has 7 nitrogen and oxygen atoms in total. The lowest BCUT2D eigenvalue weighted by molar-refractivity contribution is -0.144. The van der Waals surface area contributed by atoms with Crippen LogP contribution in [0.25, 0.3) is 0 Å². The number of ether oxygens (including phenoxy) is 2. The minimum Gasteiger partial charge on any atom is -0.456 e. The largest absolute Gasteiger partial charge is 0.456 e. The summed E-state index contributed by atoms with van der Waals surface area (Å²) in [6.45, 7) is 15.3. The van der Waals surface area contributed by atoms with Gasteiger partial charge in [0, 0.05) is 50.7 Å². The van der Waals surface area contributed by atoms with Gasteiger partial charge in [0.25, 0.3) is 12.4 Å². The number of carbonyl (C=O) groups excluding carboxylic acids is 2. The van der Waals surface area contributed by atoms with E-state index in [1.54, 1.807) is 39.2 Å². The molecular weight excluding hydrogens is 564 g/mol. The van der Waals surface area contributed by atoms with E-state index < -0.39 is 16.8 Å². The predicted octanol–water partition coefficient (Wildman–Crippen LogP) is 6.68. The van der Waals surface area contributed by atoms with Gasteiger partial charge in [0.1, 0.15) is 11.4 Å². The monoisotopic (exact) mass is 605 g/mol. The zero-order valence-electron chi connectivity index (χ0n) is 25.1. The highest BCUT2D eigenvalue weighted by Crippen LogP contribution is 2.41. The van der Waals surface area contributed by atoms with Crippen LogP contribution in [0.5, 0.6) is 0 Å². The van der Waals surface area contributed by atoms with Crippen molar-refractivity contribution in [3.63, 3.8) is 0 Å². The third-order valence-electron chi connectivity index (χ3n) is 7.58. The summed E-state index contributed by atoms with van der Waals surface area (Å²) in [6, 6.07) is 9.31. The number of benzene rings is 2. The quantitative estimate of drug-likeness (QED) is 0.196. The van der Waals surface area contributed by atoms with Gasteiger partial charge >= 0.3 is 0 Å². The van der Waals surface area contributed by atoms with Crippen LogP contribution in [0.3, 0.4) is 0 Å². The smallest absolute Gasteiger partial charge is 0.293 e. The van der Waals surface area contributed by atoms with E-state index in [4.69, 9.17) is 21.1 Å². The molecule has 0 saturated carbocycles. The average molecular weight is 606 g/mol. The van der Waals surface area contributed by atoms with Gasteiger partial charge in [-0.25, -0.2) is 8.78 Å². The fraction of sp³-hybridized carbons (Fsp3) is 0.438. The summed E-state index contributed by atoms with van der Waals surface area (Å²) in [5.74, 6) is -1.37. The van der Waals surface area contributed by atoms with Gasteiger partial charge in [-0.1, -0.05) is 50.7 Å². The van der Waals surface area contributed by atoms with E-state index in [9.17, 15) is 14.0 Å². The van der Waals surface area contributed by atoms with Gasteiger partial charge in [-0.05, 0) is 62.4 Å². The van der Waals surface area contributed by atoms with E-state index >= 15 is 4.39 Å². The van der Waals surface area contributed by atoms with Gasteiger partial charge in [0.2, 0.25) is 0 Å². The Labute approximate surface area is 252 Å². The molecule has 1 saturated heterocycles. The fourth-order valence-corrected chi connectivity index (χ4v) is 5.38. The number of hydrogen-bond donors (Lipinski definition) is 2. The predicted molar refractivity (Wildman–Crippen MR) is 163 cm³/mol. The summed E-state index contributed by atoms with van der Waals surface area (Å²) in [4.78, 5) is 26.0. The molecule has 2 N–H and O–H groups in total. The number of rotatable bonds is 13. The zero-order chi connectivity index (χ0) is 31.5. The van der Waals surface area contributed by atoms with Crippen LogP contribution in [0.1, 0.15) is 57.6 Å². The van der Waals surface area contributed by atoms with Crippen LogP contribution in [0.2, 0.25) is 5.02 Å². The minimum absolute atomic E-state index is 0.0902. The molecule has 0 radical (unpaired) electrons. The molecule has 0 bridgehead atoms. The molecule has 1 fully saturated rings. The maximum Gasteiger partial charge on any atom is 0.293 e. The third kappa shape index (κ3) is 7.89. The number of likely N-dealkylation sites (N-methyl/N-ethyl adjacent to an activating group) is 1. The van der Waals surface area contributed by atoms with Crippen molar-refractivity contribution in [1.82, 2.24) is 10.2 Å². The number of nitrogens with one attached hydrogen (secondary N) is 2. The molecule has 2 aromatic rings. The highest BCUT2D eigenvalue weighted by atomic mass is 35.5. The topological polar surface area (TPSA) is 79.9 Å². The van der Waals surface area contributed by atoms with Crippen molar-refractivity contribution in [1.29, 1.82) is 0 Å². The first-order chi connectivity index (χ1) is 20.0. The van der Waals surface area contributed by atoms with Crippen LogP contribution in [0, 0.1) is 11.6 Å². The van der Waals surface area contributed by atoms with E-state index in [1.165, 1.54) is 23.1 Å². The molecule has 3 rings (SSSR count). The number of anilines is 1. The molecule has 0 aliphatic carbocycles. The van der Waals surface area contributed by atoms with Crippen LogP contribution in [0.4, 0.5) is 14.5 Å². The van der Waals surface area contributed by atoms with Crippen molar-refractivity contribution in [2.45, 2.75) is 57.5 Å². The lowest BCUT2D eigenvalue weighted by Crippen LogP contribution is -2.42. The molecule has 2 aromatic carbocycles. The number of carbonyl (C=O) groups is 2. The van der Waals surface area contributed by atoms with Gasteiger partial charge < -0.3 is 25.0 Å². The van der Waals surface area contributed by atoms with E-state index in [-0.39, 0.29) is 47.4 Å². The summed E-state index contributed by atoms with van der Waals surface area (Å²) in [6.07, 6.45) is 1.83.